The molecule has 2 atom stereocenters. The van der Waals surface area contributed by atoms with Gasteiger partial charge in [-0.15, -0.1) is 11.3 Å². The topological polar surface area (TPSA) is 73.9 Å². The van der Waals surface area contributed by atoms with Gasteiger partial charge in [0.2, 0.25) is 6.79 Å². The van der Waals surface area contributed by atoms with Crippen molar-refractivity contribution in [3.63, 3.8) is 0 Å². The first kappa shape index (κ1) is 20.8. The average Bonchev–Trinajstić information content (AvgIpc) is 3.47. The van der Waals surface area contributed by atoms with Gasteiger partial charge in [-0.2, -0.15) is 0 Å². The molecule has 0 spiro atoms. The summed E-state index contributed by atoms with van der Waals surface area (Å²) in [4.78, 5) is 27.8. The summed E-state index contributed by atoms with van der Waals surface area (Å²) < 4.78 is 16.5. The quantitative estimate of drug-likeness (QED) is 0.659. The van der Waals surface area contributed by atoms with Gasteiger partial charge in [-0.25, -0.2) is 4.79 Å². The summed E-state index contributed by atoms with van der Waals surface area (Å²) in [5.41, 5.74) is 3.60. The van der Waals surface area contributed by atoms with Crippen molar-refractivity contribution < 1.29 is 23.8 Å². The predicted octanol–water partition coefficient (Wildman–Crippen LogP) is 4.79. The van der Waals surface area contributed by atoms with E-state index in [0.29, 0.717) is 35.7 Å². The number of nitrogens with one attached hydrogen (secondary N) is 1. The van der Waals surface area contributed by atoms with Crippen molar-refractivity contribution in [2.24, 2.45) is 0 Å². The molecule has 2 aliphatic heterocycles. The first-order chi connectivity index (χ1) is 15.6. The number of esters is 1. The summed E-state index contributed by atoms with van der Waals surface area (Å²) in [5, 5.41) is 5.43. The van der Waals surface area contributed by atoms with Crippen LogP contribution in [0.2, 0.25) is 0 Å². The van der Waals surface area contributed by atoms with E-state index in [-0.39, 0.29) is 24.5 Å². The third-order valence-corrected chi connectivity index (χ3v) is 7.20. The van der Waals surface area contributed by atoms with E-state index in [1.54, 1.807) is 11.3 Å². The van der Waals surface area contributed by atoms with E-state index in [9.17, 15) is 9.59 Å². The Hall–Kier alpha value is -3.06. The first-order valence-corrected chi connectivity index (χ1v) is 11.8. The highest BCUT2D eigenvalue weighted by molar-refractivity contribution is 7.10. The summed E-state index contributed by atoms with van der Waals surface area (Å²) in [6.07, 6.45) is 1.89. The number of allylic oxidation sites excluding steroid dienone is 3. The maximum absolute atomic E-state index is 13.5. The molecular formula is C25H25NO5S. The molecule has 166 valence electrons. The van der Waals surface area contributed by atoms with Crippen molar-refractivity contribution >= 4 is 23.1 Å². The van der Waals surface area contributed by atoms with Gasteiger partial charge in [0.1, 0.15) is 0 Å². The van der Waals surface area contributed by atoms with Crippen LogP contribution in [0.1, 0.15) is 55.4 Å². The second kappa shape index (κ2) is 8.47. The molecule has 1 N–H and O–H groups in total. The highest BCUT2D eigenvalue weighted by atomic mass is 32.1. The number of dihydropyridines is 1. The number of Topliss-reactive ketones (excluding diaryl/α,β-unsaturated/α-hetero) is 1. The lowest BCUT2D eigenvalue weighted by atomic mass is 9.72. The third-order valence-electron chi connectivity index (χ3n) is 6.16. The van der Waals surface area contributed by atoms with Crippen LogP contribution in [0.15, 0.2) is 58.3 Å². The van der Waals surface area contributed by atoms with Gasteiger partial charge >= 0.3 is 5.97 Å². The number of hydrogen-bond acceptors (Lipinski definition) is 7. The zero-order chi connectivity index (χ0) is 22.2. The normalized spacial score (nSPS) is 22.0. The number of benzene rings is 1. The Morgan fingerprint density at radius 1 is 1.22 bits per heavy atom. The molecule has 0 radical (unpaired) electrons. The molecular weight excluding hydrogens is 426 g/mol. The number of ketones is 1. The van der Waals surface area contributed by atoms with Crippen LogP contribution < -0.4 is 14.8 Å². The Morgan fingerprint density at radius 3 is 2.84 bits per heavy atom. The van der Waals surface area contributed by atoms with Crippen LogP contribution in [0.25, 0.3) is 0 Å². The molecule has 7 heteroatoms. The summed E-state index contributed by atoms with van der Waals surface area (Å²) in [5.74, 6) is 0.615. The number of fused-ring (bicyclic) bond motifs is 1. The molecule has 1 aromatic heterocycles. The van der Waals surface area contributed by atoms with Crippen molar-refractivity contribution in [1.82, 2.24) is 5.32 Å². The summed E-state index contributed by atoms with van der Waals surface area (Å²) in [6.45, 7) is 4.34. The molecule has 0 fully saturated rings. The van der Waals surface area contributed by atoms with Crippen LogP contribution in [0.5, 0.6) is 11.5 Å². The van der Waals surface area contributed by atoms with E-state index in [0.717, 1.165) is 29.8 Å². The predicted molar refractivity (Wildman–Crippen MR) is 121 cm³/mol. The van der Waals surface area contributed by atoms with Crippen molar-refractivity contribution in [2.75, 3.05) is 13.4 Å². The van der Waals surface area contributed by atoms with E-state index in [1.807, 2.05) is 43.5 Å². The first-order valence-electron chi connectivity index (χ1n) is 10.9. The molecule has 0 amide bonds. The Morgan fingerprint density at radius 2 is 2.06 bits per heavy atom. The van der Waals surface area contributed by atoms with E-state index < -0.39 is 5.92 Å². The maximum Gasteiger partial charge on any atom is 0.336 e. The minimum absolute atomic E-state index is 0.0631. The van der Waals surface area contributed by atoms with Gasteiger partial charge in [0, 0.05) is 40.1 Å². The van der Waals surface area contributed by atoms with Crippen molar-refractivity contribution in [2.45, 2.75) is 44.9 Å². The van der Waals surface area contributed by atoms with E-state index in [2.05, 4.69) is 11.4 Å². The molecule has 0 bridgehead atoms. The van der Waals surface area contributed by atoms with Gasteiger partial charge in [-0.05, 0) is 48.9 Å². The highest BCUT2D eigenvalue weighted by Crippen LogP contribution is 2.47. The fraction of sp³-hybridized carbons (Fsp3) is 0.360. The fourth-order valence-corrected chi connectivity index (χ4v) is 5.56. The molecule has 0 unspecified atom stereocenters. The Labute approximate surface area is 190 Å². The summed E-state index contributed by atoms with van der Waals surface area (Å²) >= 11 is 1.68. The van der Waals surface area contributed by atoms with Crippen LogP contribution in [0, 0.1) is 0 Å². The molecule has 3 heterocycles. The zero-order valence-electron chi connectivity index (χ0n) is 18.1. The lowest BCUT2D eigenvalue weighted by Gasteiger charge is -2.36. The largest absolute Gasteiger partial charge is 0.462 e. The standard InChI is InChI=1S/C25H25NO5S/c1-3-8-29-25(28)22-14(2)26-17-10-16(21-5-4-9-32-21)11-18(27)24(17)23(22)15-6-7-19-20(12-15)31-13-30-19/h4-7,9,12,16,23,26H,3,8,10-11,13H2,1-2H3/t16-,23+/m1/s1. The van der Waals surface area contributed by atoms with Crippen LogP contribution in [0.3, 0.4) is 0 Å². The highest BCUT2D eigenvalue weighted by Gasteiger charge is 2.42. The second-order valence-electron chi connectivity index (χ2n) is 8.28. The Kier molecular flexibility index (Phi) is 5.51. The zero-order valence-corrected chi connectivity index (χ0v) is 18.9. The number of rotatable bonds is 5. The second-order valence-corrected chi connectivity index (χ2v) is 9.26. The number of hydrogen-bond donors (Lipinski definition) is 1. The number of carbonyl (C=O) groups excluding carboxylic acids is 2. The summed E-state index contributed by atoms with van der Waals surface area (Å²) in [7, 11) is 0. The van der Waals surface area contributed by atoms with Gasteiger partial charge in [0.15, 0.2) is 17.3 Å². The van der Waals surface area contributed by atoms with Crippen LogP contribution in [-0.2, 0) is 14.3 Å². The van der Waals surface area contributed by atoms with Gasteiger partial charge in [0.05, 0.1) is 12.2 Å². The minimum atomic E-state index is -0.498. The van der Waals surface area contributed by atoms with Crippen LogP contribution in [-0.4, -0.2) is 25.2 Å². The lowest BCUT2D eigenvalue weighted by molar-refractivity contribution is -0.139. The van der Waals surface area contributed by atoms with E-state index in [4.69, 9.17) is 14.2 Å². The SMILES string of the molecule is CCCOC(=O)C1=C(C)NC2=C(C(=O)C[C@H](c3cccs3)C2)[C@H]1c1ccc2c(c1)OCO2. The van der Waals surface area contributed by atoms with Crippen molar-refractivity contribution in [1.29, 1.82) is 0 Å². The van der Waals surface area contributed by atoms with Crippen LogP contribution in [0.4, 0.5) is 0 Å². The van der Waals surface area contributed by atoms with E-state index >= 15 is 0 Å². The molecule has 1 aliphatic carbocycles. The molecule has 5 rings (SSSR count). The molecule has 2 aromatic rings. The molecule has 32 heavy (non-hydrogen) atoms. The molecule has 3 aliphatic rings. The Balaban J connectivity index is 1.59. The monoisotopic (exact) mass is 451 g/mol. The molecule has 0 saturated heterocycles. The number of ether oxygens (including phenoxy) is 3. The van der Waals surface area contributed by atoms with E-state index in [1.165, 1.54) is 4.88 Å². The Bertz CT molecular complexity index is 1130. The van der Waals surface area contributed by atoms with Gasteiger partial charge in [-0.3, -0.25) is 4.79 Å². The lowest BCUT2D eigenvalue weighted by Crippen LogP contribution is -2.36. The average molecular weight is 452 g/mol. The van der Waals surface area contributed by atoms with Gasteiger partial charge in [0.25, 0.3) is 0 Å². The summed E-state index contributed by atoms with van der Waals surface area (Å²) in [6, 6.07) is 9.73. The number of carbonyl (C=O) groups is 2. The maximum atomic E-state index is 13.5. The fourth-order valence-electron chi connectivity index (χ4n) is 4.73. The van der Waals surface area contributed by atoms with Gasteiger partial charge in [-0.1, -0.05) is 19.1 Å². The smallest absolute Gasteiger partial charge is 0.336 e. The van der Waals surface area contributed by atoms with Gasteiger partial charge < -0.3 is 19.5 Å². The molecule has 0 saturated carbocycles. The third kappa shape index (κ3) is 3.60. The van der Waals surface area contributed by atoms with Crippen molar-refractivity contribution in [3.8, 4) is 11.5 Å². The molecule has 1 aromatic carbocycles. The molecule has 6 nitrogen and oxygen atoms in total. The number of thiophene rings is 1. The van der Waals surface area contributed by atoms with Crippen LogP contribution >= 0.6 is 11.3 Å². The van der Waals surface area contributed by atoms with Crippen molar-refractivity contribution in [3.05, 3.63) is 68.7 Å². The minimum Gasteiger partial charge on any atom is -0.462 e.